The summed E-state index contributed by atoms with van der Waals surface area (Å²) in [6.07, 6.45) is 0. The number of carbonyl (C=O) groups is 2. The number of carboxylic acids is 1. The number of hydrogen-bond acceptors (Lipinski definition) is 3. The van der Waals surface area contributed by atoms with Crippen molar-refractivity contribution in [2.75, 3.05) is 0 Å². The van der Waals surface area contributed by atoms with Gasteiger partial charge in [-0.25, -0.2) is 17.6 Å². The Morgan fingerprint density at radius 3 is 2.05 bits per heavy atom. The molecule has 0 bridgehead atoms. The van der Waals surface area contributed by atoms with Gasteiger partial charge in [0.2, 0.25) is 0 Å². The van der Waals surface area contributed by atoms with Gasteiger partial charge in [-0.1, -0.05) is 13.8 Å². The summed E-state index contributed by atoms with van der Waals surface area (Å²) in [5, 5.41) is 8.93. The van der Waals surface area contributed by atoms with E-state index in [1.165, 1.54) is 13.8 Å². The van der Waals surface area contributed by atoms with Crippen molar-refractivity contribution in [3.05, 3.63) is 34.9 Å². The van der Waals surface area contributed by atoms with Crippen LogP contribution in [0.25, 0.3) is 0 Å². The van der Waals surface area contributed by atoms with Gasteiger partial charge in [-0.05, 0) is 5.41 Å². The number of carboxylic acid groups (broad SMARTS) is 1. The molecule has 1 aromatic carbocycles. The fourth-order valence-corrected chi connectivity index (χ4v) is 2.52. The van der Waals surface area contributed by atoms with Gasteiger partial charge in [0.1, 0.15) is 6.61 Å². The third-order valence-corrected chi connectivity index (χ3v) is 3.91. The number of carbonyl (C=O) groups excluding carboxylic acids is 1. The second-order valence-corrected chi connectivity index (χ2v) is 5.67. The molecule has 1 N–H and O–H groups in total. The van der Waals surface area contributed by atoms with E-state index in [2.05, 4.69) is 4.74 Å². The van der Waals surface area contributed by atoms with E-state index < -0.39 is 64.6 Å². The van der Waals surface area contributed by atoms with Gasteiger partial charge >= 0.3 is 11.9 Å². The van der Waals surface area contributed by atoms with E-state index in [0.717, 1.165) is 0 Å². The average molecular weight is 320 g/mol. The lowest BCUT2D eigenvalue weighted by Gasteiger charge is -2.09. The molecule has 0 aliphatic heterocycles. The Balaban J connectivity index is 2.12. The molecule has 0 amide bonds. The molecule has 0 spiro atoms. The average Bonchev–Trinajstić information content (AvgIpc) is 2.99. The number of benzene rings is 1. The predicted octanol–water partition coefficient (Wildman–Crippen LogP) is 2.64. The molecule has 0 saturated heterocycles. The molecule has 2 unspecified atom stereocenters. The van der Waals surface area contributed by atoms with Crippen molar-refractivity contribution >= 4 is 11.9 Å². The molecular weight excluding hydrogens is 308 g/mol. The number of hydrogen-bond donors (Lipinski definition) is 1. The van der Waals surface area contributed by atoms with Gasteiger partial charge in [0.25, 0.3) is 0 Å². The maximum atomic E-state index is 13.4. The standard InChI is InChI=1S/C14H12F4O4/c1-14(2)8(12(19)20)9(14)13(21)22-4-5-10(17)6(15)3-7(16)11(5)18/h3,8-9H,4H2,1-2H3,(H,19,20). The van der Waals surface area contributed by atoms with Crippen LogP contribution in [0, 0.1) is 40.5 Å². The number of halogens is 4. The van der Waals surface area contributed by atoms with Crippen LogP contribution in [0.1, 0.15) is 19.4 Å². The van der Waals surface area contributed by atoms with E-state index in [1.54, 1.807) is 0 Å². The van der Waals surface area contributed by atoms with E-state index in [-0.39, 0.29) is 6.07 Å². The van der Waals surface area contributed by atoms with Crippen molar-refractivity contribution in [3.8, 4) is 0 Å². The topological polar surface area (TPSA) is 63.6 Å². The predicted molar refractivity (Wildman–Crippen MR) is 64.5 cm³/mol. The first-order valence-electron chi connectivity index (χ1n) is 6.30. The SMILES string of the molecule is CC1(C)C(C(=O)O)C1C(=O)OCc1c(F)c(F)cc(F)c1F. The smallest absolute Gasteiger partial charge is 0.310 e. The molecule has 4 nitrogen and oxygen atoms in total. The Bertz CT molecular complexity index is 630. The molecule has 22 heavy (non-hydrogen) atoms. The lowest BCUT2D eigenvalue weighted by atomic mass is 10.1. The molecule has 0 heterocycles. The summed E-state index contributed by atoms with van der Waals surface area (Å²) >= 11 is 0. The number of rotatable bonds is 4. The lowest BCUT2D eigenvalue weighted by Crippen LogP contribution is -2.14. The normalized spacial score (nSPS) is 22.3. The minimum atomic E-state index is -1.66. The Labute approximate surface area is 122 Å². The summed E-state index contributed by atoms with van der Waals surface area (Å²) in [4.78, 5) is 22.7. The van der Waals surface area contributed by atoms with Crippen molar-refractivity contribution in [2.45, 2.75) is 20.5 Å². The van der Waals surface area contributed by atoms with E-state index in [4.69, 9.17) is 5.11 Å². The van der Waals surface area contributed by atoms with E-state index >= 15 is 0 Å². The largest absolute Gasteiger partial charge is 0.481 e. The molecule has 1 saturated carbocycles. The Kier molecular flexibility index (Phi) is 3.88. The molecule has 120 valence electrons. The van der Waals surface area contributed by atoms with Gasteiger partial charge in [-0.15, -0.1) is 0 Å². The molecule has 1 fully saturated rings. The summed E-state index contributed by atoms with van der Waals surface area (Å²) in [5.41, 5.74) is -1.91. The monoisotopic (exact) mass is 320 g/mol. The fourth-order valence-electron chi connectivity index (χ4n) is 2.52. The highest BCUT2D eigenvalue weighted by atomic mass is 19.2. The Morgan fingerprint density at radius 1 is 1.14 bits per heavy atom. The first-order chi connectivity index (χ1) is 10.1. The highest BCUT2D eigenvalue weighted by Gasteiger charge is 2.66. The minimum Gasteiger partial charge on any atom is -0.481 e. The fraction of sp³-hybridized carbons (Fsp3) is 0.429. The van der Waals surface area contributed by atoms with Crippen molar-refractivity contribution in [1.82, 2.24) is 0 Å². The Hall–Kier alpha value is -2.12. The van der Waals surface area contributed by atoms with Gasteiger partial charge < -0.3 is 9.84 Å². The van der Waals surface area contributed by atoms with Crippen molar-refractivity contribution in [2.24, 2.45) is 17.3 Å². The van der Waals surface area contributed by atoms with E-state index in [1.807, 2.05) is 0 Å². The van der Waals surface area contributed by atoms with Crippen LogP contribution in [0.4, 0.5) is 17.6 Å². The van der Waals surface area contributed by atoms with Gasteiger partial charge in [-0.3, -0.25) is 9.59 Å². The van der Waals surface area contributed by atoms with Crippen LogP contribution in [0.3, 0.4) is 0 Å². The molecular formula is C14H12F4O4. The molecule has 0 aromatic heterocycles. The molecule has 2 rings (SSSR count). The minimum absolute atomic E-state index is 0.0421. The Morgan fingerprint density at radius 2 is 1.64 bits per heavy atom. The lowest BCUT2D eigenvalue weighted by molar-refractivity contribution is -0.150. The van der Waals surface area contributed by atoms with Gasteiger partial charge in [0, 0.05) is 6.07 Å². The summed E-state index contributed by atoms with van der Waals surface area (Å²) < 4.78 is 57.4. The maximum absolute atomic E-state index is 13.4. The second-order valence-electron chi connectivity index (χ2n) is 5.67. The van der Waals surface area contributed by atoms with Crippen LogP contribution in [0.15, 0.2) is 6.07 Å². The first-order valence-corrected chi connectivity index (χ1v) is 6.30. The number of aliphatic carboxylic acids is 1. The summed E-state index contributed by atoms with van der Waals surface area (Å²) in [6.45, 7) is 2.03. The van der Waals surface area contributed by atoms with Crippen LogP contribution >= 0.6 is 0 Å². The van der Waals surface area contributed by atoms with Gasteiger partial charge in [-0.2, -0.15) is 0 Å². The molecule has 1 aliphatic rings. The third kappa shape index (κ3) is 2.53. The van der Waals surface area contributed by atoms with Crippen molar-refractivity contribution in [1.29, 1.82) is 0 Å². The summed E-state index contributed by atoms with van der Waals surface area (Å²) in [6, 6.07) is 0.0421. The van der Waals surface area contributed by atoms with Gasteiger partial charge in [0.15, 0.2) is 23.3 Å². The van der Waals surface area contributed by atoms with Crippen molar-refractivity contribution in [3.63, 3.8) is 0 Å². The number of ether oxygens (including phenoxy) is 1. The van der Waals surface area contributed by atoms with Crippen LogP contribution in [-0.4, -0.2) is 17.0 Å². The van der Waals surface area contributed by atoms with E-state index in [0.29, 0.717) is 0 Å². The molecule has 2 atom stereocenters. The molecule has 1 aromatic rings. The molecule has 8 heteroatoms. The highest BCUT2D eigenvalue weighted by Crippen LogP contribution is 2.58. The summed E-state index contributed by atoms with van der Waals surface area (Å²) in [5.74, 6) is -10.7. The highest BCUT2D eigenvalue weighted by molar-refractivity contribution is 5.88. The second kappa shape index (κ2) is 5.26. The summed E-state index contributed by atoms with van der Waals surface area (Å²) in [7, 11) is 0. The molecule has 1 aliphatic carbocycles. The quantitative estimate of drug-likeness (QED) is 0.526. The van der Waals surface area contributed by atoms with Gasteiger partial charge in [0.05, 0.1) is 17.4 Å². The zero-order valence-corrected chi connectivity index (χ0v) is 11.6. The first kappa shape index (κ1) is 16.3. The maximum Gasteiger partial charge on any atom is 0.310 e. The third-order valence-electron chi connectivity index (χ3n) is 3.91. The van der Waals surface area contributed by atoms with E-state index in [9.17, 15) is 27.2 Å². The van der Waals surface area contributed by atoms with Crippen LogP contribution in [0.2, 0.25) is 0 Å². The zero-order valence-electron chi connectivity index (χ0n) is 11.6. The zero-order chi connectivity index (χ0) is 16.8. The molecule has 0 radical (unpaired) electrons. The van der Waals surface area contributed by atoms with Crippen LogP contribution in [-0.2, 0) is 20.9 Å². The van der Waals surface area contributed by atoms with Crippen molar-refractivity contribution < 1.29 is 37.0 Å². The van der Waals surface area contributed by atoms with Crippen LogP contribution in [0.5, 0.6) is 0 Å². The number of esters is 1. The van der Waals surface area contributed by atoms with Crippen LogP contribution < -0.4 is 0 Å².